The normalized spacial score (nSPS) is 11.1. The average Bonchev–Trinajstić information content (AvgIpc) is 2.85. The van der Waals surface area contributed by atoms with Gasteiger partial charge in [0.25, 0.3) is 0 Å². The molecule has 7 nitrogen and oxygen atoms in total. The summed E-state index contributed by atoms with van der Waals surface area (Å²) in [4.78, 5) is 0. The topological polar surface area (TPSA) is 81.4 Å². The van der Waals surface area contributed by atoms with Gasteiger partial charge < -0.3 is 19.9 Å². The molecule has 1 heterocycles. The number of hydrogen-bond acceptors (Lipinski definition) is 6. The number of aliphatic hydroxyl groups excluding tert-OH is 1. The second kappa shape index (κ2) is 10.9. The highest BCUT2D eigenvalue weighted by Crippen LogP contribution is 1.94. The zero-order chi connectivity index (χ0) is 13.8. The van der Waals surface area contributed by atoms with Crippen LogP contribution < -0.4 is 5.32 Å². The molecule has 0 saturated heterocycles. The van der Waals surface area contributed by atoms with Crippen molar-refractivity contribution in [2.75, 3.05) is 40.1 Å². The first-order chi connectivity index (χ1) is 9.36. The number of aromatic nitrogens is 3. The number of nitrogens with one attached hydrogen (secondary N) is 1. The van der Waals surface area contributed by atoms with E-state index in [2.05, 4.69) is 15.6 Å². The van der Waals surface area contributed by atoms with Gasteiger partial charge in [0.2, 0.25) is 0 Å². The maximum atomic E-state index is 8.76. The summed E-state index contributed by atoms with van der Waals surface area (Å²) in [6.07, 6.45) is 3.95. The molecule has 0 bridgehead atoms. The number of ether oxygens (including phenoxy) is 2. The van der Waals surface area contributed by atoms with Gasteiger partial charge in [0.15, 0.2) is 0 Å². The summed E-state index contributed by atoms with van der Waals surface area (Å²) < 4.78 is 11.9. The van der Waals surface area contributed by atoms with Crippen molar-refractivity contribution >= 4 is 0 Å². The minimum Gasteiger partial charge on any atom is -0.394 e. The lowest BCUT2D eigenvalue weighted by Crippen LogP contribution is -2.15. The van der Waals surface area contributed by atoms with Gasteiger partial charge in [-0.1, -0.05) is 5.21 Å². The van der Waals surface area contributed by atoms with Crippen molar-refractivity contribution in [3.05, 3.63) is 11.9 Å². The molecule has 0 aliphatic rings. The van der Waals surface area contributed by atoms with E-state index in [4.69, 9.17) is 14.6 Å². The minimum atomic E-state index is 0.0826. The van der Waals surface area contributed by atoms with Crippen LogP contribution in [0.4, 0.5) is 0 Å². The molecule has 0 saturated carbocycles. The highest BCUT2D eigenvalue weighted by molar-refractivity contribution is 4.91. The molecule has 1 rings (SSSR count). The molecule has 0 fully saturated rings. The van der Waals surface area contributed by atoms with Crippen molar-refractivity contribution in [2.24, 2.45) is 0 Å². The molecule has 19 heavy (non-hydrogen) atoms. The van der Waals surface area contributed by atoms with Crippen LogP contribution in [0.15, 0.2) is 6.20 Å². The van der Waals surface area contributed by atoms with E-state index in [0.717, 1.165) is 31.7 Å². The van der Waals surface area contributed by atoms with Gasteiger partial charge in [0, 0.05) is 26.5 Å². The highest BCUT2D eigenvalue weighted by Gasteiger charge is 1.99. The summed E-state index contributed by atoms with van der Waals surface area (Å²) in [5.74, 6) is 0. The van der Waals surface area contributed by atoms with Gasteiger partial charge in [0.1, 0.15) is 0 Å². The maximum absolute atomic E-state index is 8.76. The van der Waals surface area contributed by atoms with Crippen LogP contribution in [0.5, 0.6) is 0 Å². The van der Waals surface area contributed by atoms with Crippen molar-refractivity contribution in [3.63, 3.8) is 0 Å². The molecule has 0 aliphatic heterocycles. The molecule has 0 radical (unpaired) electrons. The van der Waals surface area contributed by atoms with Gasteiger partial charge in [0.05, 0.1) is 32.1 Å². The molecular formula is C12H24N4O3. The van der Waals surface area contributed by atoms with Gasteiger partial charge >= 0.3 is 0 Å². The number of nitrogens with zero attached hydrogens (tertiary/aromatic N) is 3. The molecule has 0 amide bonds. The number of unbranched alkanes of at least 4 members (excludes halogenated alkanes) is 1. The monoisotopic (exact) mass is 272 g/mol. The predicted molar refractivity (Wildman–Crippen MR) is 70.7 cm³/mol. The van der Waals surface area contributed by atoms with Gasteiger partial charge in [-0.2, -0.15) is 0 Å². The third kappa shape index (κ3) is 7.89. The van der Waals surface area contributed by atoms with Gasteiger partial charge in [-0.15, -0.1) is 5.10 Å². The molecule has 1 aromatic rings. The Labute approximate surface area is 113 Å². The minimum absolute atomic E-state index is 0.0826. The predicted octanol–water partition coefficient (Wildman–Crippen LogP) is -0.197. The summed E-state index contributed by atoms with van der Waals surface area (Å²) in [6.45, 7) is 4.30. The number of methoxy groups -OCH3 is 1. The average molecular weight is 272 g/mol. The van der Waals surface area contributed by atoms with Crippen molar-refractivity contribution in [1.82, 2.24) is 20.3 Å². The van der Waals surface area contributed by atoms with Crippen molar-refractivity contribution < 1.29 is 14.6 Å². The van der Waals surface area contributed by atoms with E-state index in [1.54, 1.807) is 11.8 Å². The third-order valence-electron chi connectivity index (χ3n) is 2.55. The second-order valence-corrected chi connectivity index (χ2v) is 4.19. The van der Waals surface area contributed by atoms with E-state index >= 15 is 0 Å². The molecule has 0 aromatic carbocycles. The molecule has 110 valence electrons. The first-order valence-electron chi connectivity index (χ1n) is 6.64. The lowest BCUT2D eigenvalue weighted by atomic mass is 10.3. The first kappa shape index (κ1) is 16.0. The van der Waals surface area contributed by atoms with Crippen molar-refractivity contribution in [2.45, 2.75) is 25.9 Å². The molecular weight excluding hydrogens is 248 g/mol. The molecule has 7 heteroatoms. The number of rotatable bonds is 12. The van der Waals surface area contributed by atoms with E-state index < -0.39 is 0 Å². The Morgan fingerprint density at radius 3 is 3.00 bits per heavy atom. The molecule has 2 N–H and O–H groups in total. The van der Waals surface area contributed by atoms with Crippen LogP contribution in [0.1, 0.15) is 18.5 Å². The maximum Gasteiger partial charge on any atom is 0.0964 e. The van der Waals surface area contributed by atoms with E-state index in [9.17, 15) is 0 Å². The van der Waals surface area contributed by atoms with Crippen LogP contribution in [-0.2, 0) is 22.6 Å². The Morgan fingerprint density at radius 1 is 1.32 bits per heavy atom. The molecule has 0 atom stereocenters. The van der Waals surface area contributed by atoms with Crippen molar-refractivity contribution in [3.8, 4) is 0 Å². The van der Waals surface area contributed by atoms with Crippen LogP contribution in [0.2, 0.25) is 0 Å². The standard InChI is InChI=1S/C12H24N4O3/c1-18-8-9-19-7-3-2-4-13-10-12-11-16(5-6-17)15-14-12/h11,13,17H,2-10H2,1H3. The Bertz CT molecular complexity index is 320. The molecule has 1 aromatic heterocycles. The Morgan fingerprint density at radius 2 is 2.21 bits per heavy atom. The van der Waals surface area contributed by atoms with Crippen LogP contribution in [0.25, 0.3) is 0 Å². The lowest BCUT2D eigenvalue weighted by Gasteiger charge is -2.04. The summed E-state index contributed by atoms with van der Waals surface area (Å²) in [6, 6.07) is 0. The fourth-order valence-corrected chi connectivity index (χ4v) is 1.55. The molecule has 0 aliphatic carbocycles. The third-order valence-corrected chi connectivity index (χ3v) is 2.55. The smallest absolute Gasteiger partial charge is 0.0964 e. The van der Waals surface area contributed by atoms with Crippen LogP contribution in [-0.4, -0.2) is 60.2 Å². The summed E-state index contributed by atoms with van der Waals surface area (Å²) in [5, 5.41) is 20.0. The van der Waals surface area contributed by atoms with Crippen LogP contribution in [0.3, 0.4) is 0 Å². The van der Waals surface area contributed by atoms with E-state index in [1.807, 2.05) is 6.20 Å². The lowest BCUT2D eigenvalue weighted by molar-refractivity contribution is 0.0688. The van der Waals surface area contributed by atoms with Crippen molar-refractivity contribution in [1.29, 1.82) is 0 Å². The van der Waals surface area contributed by atoms with E-state index in [-0.39, 0.29) is 6.61 Å². The summed E-state index contributed by atoms with van der Waals surface area (Å²) in [5.41, 5.74) is 0.893. The fraction of sp³-hybridized carbons (Fsp3) is 0.833. The highest BCUT2D eigenvalue weighted by atomic mass is 16.5. The van der Waals surface area contributed by atoms with Crippen LogP contribution in [0, 0.1) is 0 Å². The molecule has 0 unspecified atom stereocenters. The fourth-order valence-electron chi connectivity index (χ4n) is 1.55. The van der Waals surface area contributed by atoms with Gasteiger partial charge in [-0.05, 0) is 19.4 Å². The second-order valence-electron chi connectivity index (χ2n) is 4.19. The van der Waals surface area contributed by atoms with Gasteiger partial charge in [-0.3, -0.25) is 0 Å². The van der Waals surface area contributed by atoms with Crippen LogP contribution >= 0.6 is 0 Å². The number of aliphatic hydroxyl groups is 1. The quantitative estimate of drug-likeness (QED) is 0.513. The zero-order valence-electron chi connectivity index (χ0n) is 11.5. The first-order valence-corrected chi connectivity index (χ1v) is 6.64. The number of hydrogen-bond donors (Lipinski definition) is 2. The summed E-state index contributed by atoms with van der Waals surface area (Å²) >= 11 is 0. The largest absolute Gasteiger partial charge is 0.394 e. The summed E-state index contributed by atoms with van der Waals surface area (Å²) in [7, 11) is 1.67. The Balaban J connectivity index is 1.92. The zero-order valence-corrected chi connectivity index (χ0v) is 11.5. The van der Waals surface area contributed by atoms with E-state index in [0.29, 0.717) is 26.3 Å². The van der Waals surface area contributed by atoms with E-state index in [1.165, 1.54) is 0 Å². The molecule has 0 spiro atoms. The SMILES string of the molecule is COCCOCCCCNCc1cn(CCO)nn1. The Hall–Kier alpha value is -1.02. The van der Waals surface area contributed by atoms with Gasteiger partial charge in [-0.25, -0.2) is 4.68 Å². The Kier molecular flexibility index (Phi) is 9.17.